The first-order valence-electron chi connectivity index (χ1n) is 9.88. The van der Waals surface area contributed by atoms with Crippen LogP contribution < -0.4 is 10.2 Å². The van der Waals surface area contributed by atoms with Gasteiger partial charge in [-0.3, -0.25) is 4.79 Å². The average Bonchev–Trinajstić information content (AvgIpc) is 2.77. The van der Waals surface area contributed by atoms with E-state index in [1.165, 1.54) is 31.4 Å². The molecule has 0 spiro atoms. The molecule has 0 saturated carbocycles. The molecule has 1 saturated heterocycles. The summed E-state index contributed by atoms with van der Waals surface area (Å²) in [7, 11) is 1.35. The van der Waals surface area contributed by atoms with Gasteiger partial charge in [0.2, 0.25) is 17.5 Å². The van der Waals surface area contributed by atoms with Gasteiger partial charge in [-0.2, -0.15) is 0 Å². The number of rotatable bonds is 5. The zero-order valence-electron chi connectivity index (χ0n) is 17.3. The van der Waals surface area contributed by atoms with E-state index < -0.39 is 47.6 Å². The molecular formula is C22H22O11. The number of aromatic hydroxyl groups is 3. The highest BCUT2D eigenvalue weighted by atomic mass is 16.7. The zero-order chi connectivity index (χ0) is 23.9. The highest BCUT2D eigenvalue weighted by Crippen LogP contribution is 2.37. The van der Waals surface area contributed by atoms with Gasteiger partial charge in [0.1, 0.15) is 52.6 Å². The monoisotopic (exact) mass is 462 g/mol. The van der Waals surface area contributed by atoms with Crippen LogP contribution in [0.5, 0.6) is 23.0 Å². The fraction of sp³-hybridized carbons (Fsp3) is 0.318. The topological polar surface area (TPSA) is 179 Å². The largest absolute Gasteiger partial charge is 0.508 e. The molecule has 2 aromatic carbocycles. The van der Waals surface area contributed by atoms with Gasteiger partial charge in [-0.25, -0.2) is 0 Å². The predicted octanol–water partition coefficient (Wildman–Crippen LogP) is 0.410. The molecule has 11 heteroatoms. The standard InChI is InChI=1S/C22H22O11/c1-30-8-14-16(26)18(28)19(29)22(32-14)33-21-17(27)15-12(25)6-11(24)7-13(15)31-20(21)9-2-4-10(23)5-3-9/h2-7,14,16,18-19,22-26,28-29H,8H2,1H3. The first-order chi connectivity index (χ1) is 15.7. The summed E-state index contributed by atoms with van der Waals surface area (Å²) >= 11 is 0. The minimum Gasteiger partial charge on any atom is -0.508 e. The highest BCUT2D eigenvalue weighted by Gasteiger charge is 2.45. The van der Waals surface area contributed by atoms with Crippen molar-refractivity contribution in [2.45, 2.75) is 30.7 Å². The summed E-state index contributed by atoms with van der Waals surface area (Å²) in [5, 5.41) is 60.0. The third kappa shape index (κ3) is 4.19. The first-order valence-corrected chi connectivity index (χ1v) is 9.88. The second-order valence-electron chi connectivity index (χ2n) is 7.56. The van der Waals surface area contributed by atoms with Crippen molar-refractivity contribution >= 4 is 11.0 Å². The van der Waals surface area contributed by atoms with Crippen LogP contribution in [0.25, 0.3) is 22.3 Å². The lowest BCUT2D eigenvalue weighted by Crippen LogP contribution is -2.60. The number of hydrogen-bond acceptors (Lipinski definition) is 11. The van der Waals surface area contributed by atoms with Crippen molar-refractivity contribution in [1.29, 1.82) is 0 Å². The Bertz CT molecular complexity index is 1200. The number of aliphatic hydroxyl groups excluding tert-OH is 3. The maximum atomic E-state index is 13.3. The molecule has 0 radical (unpaired) electrons. The Labute approximate surface area is 186 Å². The van der Waals surface area contributed by atoms with E-state index in [1.54, 1.807) is 0 Å². The van der Waals surface area contributed by atoms with Gasteiger partial charge in [-0.1, -0.05) is 0 Å². The zero-order valence-corrected chi connectivity index (χ0v) is 17.3. The van der Waals surface area contributed by atoms with Crippen molar-refractivity contribution in [3.8, 4) is 34.3 Å². The van der Waals surface area contributed by atoms with E-state index in [-0.39, 0.29) is 40.4 Å². The van der Waals surface area contributed by atoms with E-state index in [4.69, 9.17) is 18.6 Å². The molecule has 1 aliphatic rings. The first kappa shape index (κ1) is 22.8. The molecule has 1 aromatic heterocycles. The minimum absolute atomic E-state index is 0.0507. The smallest absolute Gasteiger partial charge is 0.239 e. The molecule has 6 N–H and O–H groups in total. The van der Waals surface area contributed by atoms with E-state index in [9.17, 15) is 35.4 Å². The predicted molar refractivity (Wildman–Crippen MR) is 112 cm³/mol. The van der Waals surface area contributed by atoms with E-state index in [0.29, 0.717) is 0 Å². The lowest BCUT2D eigenvalue weighted by Gasteiger charge is -2.39. The van der Waals surface area contributed by atoms with Crippen molar-refractivity contribution in [2.24, 2.45) is 0 Å². The fourth-order valence-electron chi connectivity index (χ4n) is 3.61. The molecule has 1 aliphatic heterocycles. The number of benzene rings is 2. The van der Waals surface area contributed by atoms with Gasteiger partial charge in [0.05, 0.1) is 6.61 Å². The van der Waals surface area contributed by atoms with Crippen LogP contribution in [0.15, 0.2) is 45.6 Å². The number of ether oxygens (including phenoxy) is 3. The van der Waals surface area contributed by atoms with E-state index in [1.807, 2.05) is 0 Å². The third-order valence-corrected chi connectivity index (χ3v) is 5.28. The molecule has 0 amide bonds. The van der Waals surface area contributed by atoms with E-state index in [0.717, 1.165) is 12.1 Å². The van der Waals surface area contributed by atoms with Gasteiger partial charge in [0.15, 0.2) is 5.76 Å². The van der Waals surface area contributed by atoms with Gasteiger partial charge in [0.25, 0.3) is 0 Å². The number of phenolic OH excluding ortho intramolecular Hbond substituents is 3. The van der Waals surface area contributed by atoms with Gasteiger partial charge in [-0.05, 0) is 24.3 Å². The van der Waals surface area contributed by atoms with Crippen LogP contribution in [0.3, 0.4) is 0 Å². The summed E-state index contributed by atoms with van der Waals surface area (Å²) in [5.41, 5.74) is -0.716. The maximum Gasteiger partial charge on any atom is 0.239 e. The second kappa shape index (κ2) is 8.89. The molecular weight excluding hydrogens is 440 g/mol. The number of methoxy groups -OCH3 is 1. The molecule has 5 atom stereocenters. The molecule has 33 heavy (non-hydrogen) atoms. The SMILES string of the molecule is COCC1OC(Oc2c(-c3ccc(O)cc3)oc3cc(O)cc(O)c3c2=O)C(O)C(O)C1O. The second-order valence-corrected chi connectivity index (χ2v) is 7.56. The summed E-state index contributed by atoms with van der Waals surface area (Å²) in [6.07, 6.45) is -7.58. The summed E-state index contributed by atoms with van der Waals surface area (Å²) in [6.45, 7) is -0.137. The van der Waals surface area contributed by atoms with Crippen molar-refractivity contribution in [2.75, 3.05) is 13.7 Å². The Balaban J connectivity index is 1.86. The molecule has 0 aliphatic carbocycles. The molecule has 11 nitrogen and oxygen atoms in total. The van der Waals surface area contributed by atoms with Crippen LogP contribution in [0.2, 0.25) is 0 Å². The van der Waals surface area contributed by atoms with E-state index >= 15 is 0 Å². The van der Waals surface area contributed by atoms with Crippen LogP contribution in [-0.2, 0) is 9.47 Å². The number of hydrogen-bond donors (Lipinski definition) is 6. The highest BCUT2D eigenvalue weighted by molar-refractivity contribution is 5.88. The Kier molecular flexibility index (Phi) is 6.15. The summed E-state index contributed by atoms with van der Waals surface area (Å²) in [5.74, 6) is -1.60. The van der Waals surface area contributed by atoms with Gasteiger partial charge in [0, 0.05) is 24.8 Å². The van der Waals surface area contributed by atoms with Crippen molar-refractivity contribution in [1.82, 2.24) is 0 Å². The summed E-state index contributed by atoms with van der Waals surface area (Å²) in [6, 6.07) is 7.61. The molecule has 3 aromatic rings. The summed E-state index contributed by atoms with van der Waals surface area (Å²) < 4.78 is 21.9. The molecule has 2 heterocycles. The third-order valence-electron chi connectivity index (χ3n) is 5.28. The molecule has 4 rings (SSSR count). The van der Waals surface area contributed by atoms with Crippen LogP contribution in [-0.4, -0.2) is 75.1 Å². The molecule has 0 bridgehead atoms. The fourth-order valence-corrected chi connectivity index (χ4v) is 3.61. The molecule has 176 valence electrons. The van der Waals surface area contributed by atoms with Crippen LogP contribution >= 0.6 is 0 Å². The van der Waals surface area contributed by atoms with Crippen molar-refractivity contribution < 1.29 is 49.3 Å². The van der Waals surface area contributed by atoms with Gasteiger partial charge < -0.3 is 49.3 Å². The quantitative estimate of drug-likeness (QED) is 0.309. The van der Waals surface area contributed by atoms with Gasteiger partial charge in [-0.15, -0.1) is 0 Å². The number of phenols is 3. The van der Waals surface area contributed by atoms with Crippen molar-refractivity contribution in [3.63, 3.8) is 0 Å². The van der Waals surface area contributed by atoms with Crippen LogP contribution in [0, 0.1) is 0 Å². The molecule has 5 unspecified atom stereocenters. The molecule has 1 fully saturated rings. The number of fused-ring (bicyclic) bond motifs is 1. The number of aliphatic hydroxyl groups is 3. The maximum absolute atomic E-state index is 13.3. The van der Waals surface area contributed by atoms with E-state index in [2.05, 4.69) is 0 Å². The van der Waals surface area contributed by atoms with Crippen LogP contribution in [0.4, 0.5) is 0 Å². The Morgan fingerprint density at radius 2 is 1.64 bits per heavy atom. The van der Waals surface area contributed by atoms with Crippen molar-refractivity contribution in [3.05, 3.63) is 46.6 Å². The Hall–Kier alpha value is -3.35. The Morgan fingerprint density at radius 3 is 2.30 bits per heavy atom. The minimum atomic E-state index is -1.75. The summed E-state index contributed by atoms with van der Waals surface area (Å²) in [4.78, 5) is 13.3. The lowest BCUT2D eigenvalue weighted by atomic mass is 9.99. The normalized spacial score (nSPS) is 25.3. The average molecular weight is 462 g/mol. The van der Waals surface area contributed by atoms with Gasteiger partial charge >= 0.3 is 0 Å². The Morgan fingerprint density at radius 1 is 0.939 bits per heavy atom. The lowest BCUT2D eigenvalue weighted by molar-refractivity contribution is -0.278. The van der Waals surface area contributed by atoms with Crippen LogP contribution in [0.1, 0.15) is 0 Å².